The Labute approximate surface area is 179 Å². The van der Waals surface area contributed by atoms with E-state index in [1.54, 1.807) is 34.4 Å². The van der Waals surface area contributed by atoms with Gasteiger partial charge < -0.3 is 9.40 Å². The molecular formula is C21H16N4OS3. The van der Waals surface area contributed by atoms with E-state index in [0.29, 0.717) is 24.0 Å². The van der Waals surface area contributed by atoms with Crippen LogP contribution in [0.2, 0.25) is 0 Å². The van der Waals surface area contributed by atoms with Crippen molar-refractivity contribution in [1.29, 1.82) is 0 Å². The van der Waals surface area contributed by atoms with Gasteiger partial charge in [0.15, 0.2) is 5.16 Å². The summed E-state index contributed by atoms with van der Waals surface area (Å²) in [5.41, 5.74) is 3.20. The zero-order chi connectivity index (χ0) is 19.5. The number of thiophene rings is 2. The number of nitrogens with zero attached hydrogens (tertiary/aromatic N) is 3. The van der Waals surface area contributed by atoms with E-state index in [4.69, 9.17) is 9.40 Å². The summed E-state index contributed by atoms with van der Waals surface area (Å²) in [6.07, 6.45) is 0.643. The maximum atomic E-state index is 5.81. The third-order valence-electron chi connectivity index (χ3n) is 4.24. The number of thioether (sulfide) groups is 1. The molecule has 0 atom stereocenters. The van der Waals surface area contributed by atoms with Gasteiger partial charge in [-0.1, -0.05) is 54.2 Å². The topological polar surface area (TPSA) is 67.6 Å². The van der Waals surface area contributed by atoms with E-state index in [1.807, 2.05) is 24.3 Å². The van der Waals surface area contributed by atoms with E-state index in [9.17, 15) is 0 Å². The number of nitrogens with one attached hydrogen (secondary N) is 1. The van der Waals surface area contributed by atoms with E-state index in [-0.39, 0.29) is 0 Å². The monoisotopic (exact) mass is 436 g/mol. The van der Waals surface area contributed by atoms with Crippen LogP contribution in [0, 0.1) is 0 Å². The minimum absolute atomic E-state index is 0.572. The Bertz CT molecular complexity index is 1130. The van der Waals surface area contributed by atoms with Crippen molar-refractivity contribution in [3.63, 3.8) is 0 Å². The molecule has 5 rings (SSSR count). The van der Waals surface area contributed by atoms with Crippen molar-refractivity contribution in [2.75, 3.05) is 0 Å². The number of imidazole rings is 1. The number of hydrogen-bond acceptors (Lipinski definition) is 7. The maximum absolute atomic E-state index is 5.81. The molecule has 8 heteroatoms. The first kappa shape index (κ1) is 18.4. The van der Waals surface area contributed by atoms with Crippen LogP contribution in [-0.2, 0) is 12.2 Å². The predicted molar refractivity (Wildman–Crippen MR) is 118 cm³/mol. The van der Waals surface area contributed by atoms with Gasteiger partial charge in [0.25, 0.3) is 0 Å². The van der Waals surface area contributed by atoms with Crippen LogP contribution in [0.25, 0.3) is 21.1 Å². The molecule has 29 heavy (non-hydrogen) atoms. The number of aromatic nitrogens is 4. The van der Waals surface area contributed by atoms with Crippen LogP contribution in [0.4, 0.5) is 0 Å². The molecule has 1 N–H and O–H groups in total. The SMILES string of the molecule is c1ccc(Cc2nnc(CSc3nc(-c4cccs4)c(-c4cccs4)[nH]3)o2)cc1. The molecule has 144 valence electrons. The van der Waals surface area contributed by atoms with E-state index < -0.39 is 0 Å². The molecule has 5 nitrogen and oxygen atoms in total. The van der Waals surface area contributed by atoms with Crippen molar-refractivity contribution in [2.24, 2.45) is 0 Å². The standard InChI is InChI=1S/C21H16N4OS3/c1-2-6-14(7-3-1)12-17-24-25-18(26-17)13-29-21-22-19(15-8-4-10-27-15)20(23-21)16-9-5-11-28-16/h1-11H,12-13H2,(H,22,23). The molecule has 1 aromatic carbocycles. The summed E-state index contributed by atoms with van der Waals surface area (Å²) >= 11 is 4.96. The molecule has 0 aliphatic rings. The van der Waals surface area contributed by atoms with Crippen LogP contribution in [0.1, 0.15) is 17.3 Å². The lowest BCUT2D eigenvalue weighted by Gasteiger charge is -1.96. The predicted octanol–water partition coefficient (Wildman–Crippen LogP) is 6.13. The van der Waals surface area contributed by atoms with E-state index in [0.717, 1.165) is 27.0 Å². The number of aromatic amines is 1. The van der Waals surface area contributed by atoms with Gasteiger partial charge in [-0.25, -0.2) is 4.98 Å². The van der Waals surface area contributed by atoms with Gasteiger partial charge in [0.1, 0.15) is 5.69 Å². The first-order valence-corrected chi connectivity index (χ1v) is 11.8. The van der Waals surface area contributed by atoms with Gasteiger partial charge in [-0.15, -0.1) is 32.9 Å². The highest BCUT2D eigenvalue weighted by atomic mass is 32.2. The van der Waals surface area contributed by atoms with Gasteiger partial charge in [0.2, 0.25) is 11.8 Å². The summed E-state index contributed by atoms with van der Waals surface area (Å²) in [6.45, 7) is 0. The Morgan fingerprint density at radius 2 is 1.62 bits per heavy atom. The van der Waals surface area contributed by atoms with Crippen LogP contribution in [-0.4, -0.2) is 20.2 Å². The summed E-state index contributed by atoms with van der Waals surface area (Å²) in [4.78, 5) is 10.6. The average Bonchev–Trinajstić information content (AvgIpc) is 3.54. The Balaban J connectivity index is 1.32. The molecule has 4 aromatic heterocycles. The second kappa shape index (κ2) is 8.36. The lowest BCUT2D eigenvalue weighted by atomic mass is 10.2. The van der Waals surface area contributed by atoms with Crippen LogP contribution in [0.15, 0.2) is 74.9 Å². The normalized spacial score (nSPS) is 11.2. The van der Waals surface area contributed by atoms with E-state index in [2.05, 4.69) is 56.3 Å². The summed E-state index contributed by atoms with van der Waals surface area (Å²) < 4.78 is 5.81. The minimum Gasteiger partial charge on any atom is -0.424 e. The fourth-order valence-electron chi connectivity index (χ4n) is 2.93. The third kappa shape index (κ3) is 4.19. The van der Waals surface area contributed by atoms with Crippen molar-refractivity contribution >= 4 is 34.4 Å². The highest BCUT2D eigenvalue weighted by molar-refractivity contribution is 7.98. The second-order valence-electron chi connectivity index (χ2n) is 6.26. The largest absolute Gasteiger partial charge is 0.424 e. The van der Waals surface area contributed by atoms with Crippen molar-refractivity contribution in [1.82, 2.24) is 20.2 Å². The van der Waals surface area contributed by atoms with E-state index >= 15 is 0 Å². The average molecular weight is 437 g/mol. The zero-order valence-corrected chi connectivity index (χ0v) is 17.7. The maximum Gasteiger partial charge on any atom is 0.226 e. The van der Waals surface area contributed by atoms with Crippen molar-refractivity contribution < 1.29 is 4.42 Å². The fourth-order valence-corrected chi connectivity index (χ4v) is 5.08. The molecule has 0 saturated carbocycles. The fraction of sp³-hybridized carbons (Fsp3) is 0.0952. The van der Waals surface area contributed by atoms with Gasteiger partial charge in [0.05, 0.1) is 27.6 Å². The molecule has 5 aromatic rings. The van der Waals surface area contributed by atoms with Crippen LogP contribution >= 0.6 is 34.4 Å². The quantitative estimate of drug-likeness (QED) is 0.311. The zero-order valence-electron chi connectivity index (χ0n) is 15.2. The van der Waals surface area contributed by atoms with E-state index in [1.165, 1.54) is 4.88 Å². The first-order chi connectivity index (χ1) is 14.3. The minimum atomic E-state index is 0.572. The molecular weight excluding hydrogens is 420 g/mol. The summed E-state index contributed by atoms with van der Waals surface area (Å²) in [5, 5.41) is 13.3. The Morgan fingerprint density at radius 3 is 2.38 bits per heavy atom. The van der Waals surface area contributed by atoms with Crippen molar-refractivity contribution in [3.05, 3.63) is 82.7 Å². The van der Waals surface area contributed by atoms with Gasteiger partial charge >= 0.3 is 0 Å². The molecule has 0 saturated heterocycles. The van der Waals surface area contributed by atoms with Gasteiger partial charge in [0, 0.05) is 0 Å². The third-order valence-corrected chi connectivity index (χ3v) is 6.87. The molecule has 0 unspecified atom stereocenters. The molecule has 0 fully saturated rings. The van der Waals surface area contributed by atoms with Crippen LogP contribution < -0.4 is 0 Å². The summed E-state index contributed by atoms with van der Waals surface area (Å²) in [6, 6.07) is 18.4. The first-order valence-electron chi connectivity index (χ1n) is 9.01. The Morgan fingerprint density at radius 1 is 0.862 bits per heavy atom. The van der Waals surface area contributed by atoms with Crippen LogP contribution in [0.5, 0.6) is 0 Å². The van der Waals surface area contributed by atoms with Gasteiger partial charge in [-0.05, 0) is 28.5 Å². The smallest absolute Gasteiger partial charge is 0.226 e. The lowest BCUT2D eigenvalue weighted by molar-refractivity contribution is 0.474. The highest BCUT2D eigenvalue weighted by Gasteiger charge is 2.17. The highest BCUT2D eigenvalue weighted by Crippen LogP contribution is 2.37. The van der Waals surface area contributed by atoms with Gasteiger partial charge in [-0.3, -0.25) is 0 Å². The second-order valence-corrected chi connectivity index (χ2v) is 9.12. The lowest BCUT2D eigenvalue weighted by Crippen LogP contribution is -1.87. The number of benzene rings is 1. The molecule has 0 aliphatic heterocycles. The number of rotatable bonds is 7. The summed E-state index contributed by atoms with van der Waals surface area (Å²) in [5.74, 6) is 1.81. The molecule has 0 spiro atoms. The van der Waals surface area contributed by atoms with Crippen molar-refractivity contribution in [2.45, 2.75) is 17.3 Å². The molecule has 0 aliphatic carbocycles. The van der Waals surface area contributed by atoms with Crippen molar-refractivity contribution in [3.8, 4) is 21.1 Å². The Kier molecular flexibility index (Phi) is 5.29. The number of H-pyrrole nitrogens is 1. The Hall–Kier alpha value is -2.68. The molecule has 0 bridgehead atoms. The molecule has 0 radical (unpaired) electrons. The van der Waals surface area contributed by atoms with Gasteiger partial charge in [-0.2, -0.15) is 0 Å². The summed E-state index contributed by atoms with van der Waals surface area (Å²) in [7, 11) is 0. The molecule has 4 heterocycles. The molecule has 0 amide bonds. The van der Waals surface area contributed by atoms with Crippen LogP contribution in [0.3, 0.4) is 0 Å². The number of hydrogen-bond donors (Lipinski definition) is 1.